The highest BCUT2D eigenvalue weighted by Gasteiger charge is 2.45. The summed E-state index contributed by atoms with van der Waals surface area (Å²) in [7, 11) is 0. The molecule has 0 spiro atoms. The third kappa shape index (κ3) is 1.26. The number of hydrogen-bond donors (Lipinski definition) is 1. The molecule has 82 valence electrons. The van der Waals surface area contributed by atoms with Crippen molar-refractivity contribution in [2.24, 2.45) is 4.99 Å². The molecule has 2 rings (SSSR count). The molecule has 2 heterocycles. The maximum absolute atomic E-state index is 12.1. The lowest BCUT2D eigenvalue weighted by atomic mass is 9.84. The number of hydrogen-bond acceptors (Lipinski definition) is 4. The quantitative estimate of drug-likeness (QED) is 0.759. The fourth-order valence-electron chi connectivity index (χ4n) is 1.51. The van der Waals surface area contributed by atoms with Crippen LogP contribution in [0, 0.1) is 5.21 Å². The summed E-state index contributed by atoms with van der Waals surface area (Å²) < 4.78 is 0. The maximum Gasteiger partial charge on any atom is 0.139 e. The number of aromatic amines is 1. The topological polar surface area (TPSA) is 67.3 Å². The molecule has 5 heteroatoms. The van der Waals surface area contributed by atoms with Crippen molar-refractivity contribution in [1.82, 2.24) is 15.3 Å². The van der Waals surface area contributed by atoms with E-state index in [0.29, 0.717) is 11.5 Å². The number of nitrogens with zero attached hydrogens (tertiary/aromatic N) is 3. The number of nitrogens with one attached hydrogen (secondary N) is 1. The van der Waals surface area contributed by atoms with Gasteiger partial charge in [-0.15, -0.1) is 0 Å². The zero-order chi connectivity index (χ0) is 11.3. The Labute approximate surface area is 88.8 Å². The standard InChI is InChI=1S/C10H15N4O/c1-9(2)10(3,4)14(15)8(12-9)7-5-6-11-13-7/h5-6H,1-4H3,(H,11,13)/q-1. The average molecular weight is 207 g/mol. The lowest BCUT2D eigenvalue weighted by Gasteiger charge is -2.45. The van der Waals surface area contributed by atoms with Crippen LogP contribution in [0.2, 0.25) is 0 Å². The highest BCUT2D eigenvalue weighted by molar-refractivity contribution is 5.99. The number of rotatable bonds is 1. The minimum Gasteiger partial charge on any atom is -0.757 e. The lowest BCUT2D eigenvalue weighted by Crippen LogP contribution is -2.50. The van der Waals surface area contributed by atoms with Gasteiger partial charge in [0.25, 0.3) is 0 Å². The van der Waals surface area contributed by atoms with Crippen molar-refractivity contribution in [3.63, 3.8) is 0 Å². The van der Waals surface area contributed by atoms with Crippen molar-refractivity contribution in [1.29, 1.82) is 0 Å². The normalized spacial score (nSPS) is 23.0. The van der Waals surface area contributed by atoms with Crippen LogP contribution in [-0.4, -0.2) is 32.2 Å². The molecular formula is C10H15N4O-. The third-order valence-corrected chi connectivity index (χ3v) is 3.32. The summed E-state index contributed by atoms with van der Waals surface area (Å²) in [6.07, 6.45) is 1.62. The van der Waals surface area contributed by atoms with E-state index in [0.717, 1.165) is 5.06 Å². The van der Waals surface area contributed by atoms with Gasteiger partial charge in [-0.1, -0.05) is 0 Å². The Balaban J connectivity index is 2.46. The van der Waals surface area contributed by atoms with Crippen molar-refractivity contribution in [2.75, 3.05) is 0 Å². The number of aromatic nitrogens is 2. The summed E-state index contributed by atoms with van der Waals surface area (Å²) in [6.45, 7) is 7.71. The minimum atomic E-state index is -0.534. The molecule has 1 aromatic heterocycles. The molecule has 15 heavy (non-hydrogen) atoms. The predicted octanol–water partition coefficient (Wildman–Crippen LogP) is 1.53. The maximum atomic E-state index is 12.1. The van der Waals surface area contributed by atoms with Crippen molar-refractivity contribution < 1.29 is 0 Å². The number of aliphatic imine (C=N–C) groups is 1. The Hall–Kier alpha value is -1.36. The molecule has 1 aliphatic rings. The molecule has 0 saturated heterocycles. The Morgan fingerprint density at radius 2 is 2.00 bits per heavy atom. The van der Waals surface area contributed by atoms with Crippen molar-refractivity contribution in [2.45, 2.75) is 38.8 Å². The van der Waals surface area contributed by atoms with Gasteiger partial charge in [0.1, 0.15) is 5.84 Å². The van der Waals surface area contributed by atoms with Gasteiger partial charge in [-0.3, -0.25) is 10.1 Å². The molecule has 0 radical (unpaired) electrons. The zero-order valence-corrected chi connectivity index (χ0v) is 9.40. The second-order valence-electron chi connectivity index (χ2n) is 4.82. The summed E-state index contributed by atoms with van der Waals surface area (Å²) >= 11 is 0. The van der Waals surface area contributed by atoms with Gasteiger partial charge in [-0.2, -0.15) is 5.10 Å². The molecular weight excluding hydrogens is 192 g/mol. The number of hydroxylamine groups is 2. The Kier molecular flexibility index (Phi) is 1.91. The van der Waals surface area contributed by atoms with Crippen molar-refractivity contribution in [3.05, 3.63) is 23.2 Å². The van der Waals surface area contributed by atoms with E-state index in [9.17, 15) is 5.21 Å². The van der Waals surface area contributed by atoms with Gasteiger partial charge in [0, 0.05) is 11.7 Å². The van der Waals surface area contributed by atoms with Gasteiger partial charge < -0.3 is 10.3 Å². The summed E-state index contributed by atoms with van der Waals surface area (Å²) in [4.78, 5) is 4.46. The van der Waals surface area contributed by atoms with E-state index >= 15 is 0 Å². The van der Waals surface area contributed by atoms with Gasteiger partial charge >= 0.3 is 0 Å². The van der Waals surface area contributed by atoms with Crippen LogP contribution in [0.1, 0.15) is 33.4 Å². The Morgan fingerprint density at radius 3 is 2.40 bits per heavy atom. The van der Waals surface area contributed by atoms with E-state index < -0.39 is 11.1 Å². The summed E-state index contributed by atoms with van der Waals surface area (Å²) in [5.41, 5.74) is -0.258. The second kappa shape index (κ2) is 2.82. The molecule has 1 aliphatic heterocycles. The van der Waals surface area contributed by atoms with E-state index in [1.54, 1.807) is 12.3 Å². The van der Waals surface area contributed by atoms with Crippen LogP contribution in [0.4, 0.5) is 0 Å². The first kappa shape index (κ1) is 10.2. The van der Waals surface area contributed by atoms with Gasteiger partial charge in [0.2, 0.25) is 0 Å². The van der Waals surface area contributed by atoms with E-state index in [1.165, 1.54) is 0 Å². The second-order valence-corrected chi connectivity index (χ2v) is 4.82. The van der Waals surface area contributed by atoms with Gasteiger partial charge in [-0.05, 0) is 33.8 Å². The summed E-state index contributed by atoms with van der Waals surface area (Å²) in [6, 6.07) is 1.75. The summed E-state index contributed by atoms with van der Waals surface area (Å²) in [5.74, 6) is 0.433. The van der Waals surface area contributed by atoms with Crippen LogP contribution in [0.25, 0.3) is 0 Å². The highest BCUT2D eigenvalue weighted by atomic mass is 16.5. The molecule has 5 nitrogen and oxygen atoms in total. The molecule has 0 unspecified atom stereocenters. The van der Waals surface area contributed by atoms with E-state index in [-0.39, 0.29) is 0 Å². The van der Waals surface area contributed by atoms with Gasteiger partial charge in [0.05, 0.1) is 11.2 Å². The fraction of sp³-hybridized carbons (Fsp3) is 0.600. The predicted molar refractivity (Wildman–Crippen MR) is 58.5 cm³/mol. The minimum absolute atomic E-state index is 0.394. The number of H-pyrrole nitrogens is 1. The Morgan fingerprint density at radius 1 is 1.33 bits per heavy atom. The van der Waals surface area contributed by atoms with Crippen LogP contribution in [0.5, 0.6) is 0 Å². The SMILES string of the molecule is CC1(C)N=C(c2ccn[nH]2)N([O-])C1(C)C. The Bertz CT molecular complexity index is 392. The lowest BCUT2D eigenvalue weighted by molar-refractivity contribution is 0.205. The number of amidine groups is 1. The monoisotopic (exact) mass is 207 g/mol. The molecule has 0 bridgehead atoms. The van der Waals surface area contributed by atoms with Crippen LogP contribution >= 0.6 is 0 Å². The molecule has 1 N–H and O–H groups in total. The van der Waals surface area contributed by atoms with Crippen molar-refractivity contribution in [3.8, 4) is 0 Å². The fourth-order valence-corrected chi connectivity index (χ4v) is 1.51. The zero-order valence-electron chi connectivity index (χ0n) is 9.40. The summed E-state index contributed by atoms with van der Waals surface area (Å²) in [5, 5.41) is 19.6. The molecule has 1 aromatic rings. The first-order valence-corrected chi connectivity index (χ1v) is 4.93. The highest BCUT2D eigenvalue weighted by Crippen LogP contribution is 2.37. The van der Waals surface area contributed by atoms with E-state index in [1.807, 2.05) is 27.7 Å². The average Bonchev–Trinajstić information content (AvgIpc) is 2.69. The van der Waals surface area contributed by atoms with Crippen LogP contribution in [0.15, 0.2) is 17.3 Å². The molecule has 0 atom stereocenters. The van der Waals surface area contributed by atoms with Crippen LogP contribution < -0.4 is 0 Å². The largest absolute Gasteiger partial charge is 0.757 e. The van der Waals surface area contributed by atoms with Crippen LogP contribution in [-0.2, 0) is 0 Å². The van der Waals surface area contributed by atoms with Crippen LogP contribution in [0.3, 0.4) is 0 Å². The first-order chi connectivity index (χ1) is 6.86. The molecule has 0 fully saturated rings. The molecule has 0 saturated carbocycles. The van der Waals surface area contributed by atoms with Gasteiger partial charge in [0.15, 0.2) is 0 Å². The first-order valence-electron chi connectivity index (χ1n) is 4.93. The third-order valence-electron chi connectivity index (χ3n) is 3.32. The van der Waals surface area contributed by atoms with E-state index in [4.69, 9.17) is 0 Å². The molecule has 0 aliphatic carbocycles. The molecule has 0 aromatic carbocycles. The van der Waals surface area contributed by atoms with E-state index in [2.05, 4.69) is 15.2 Å². The van der Waals surface area contributed by atoms with Crippen molar-refractivity contribution >= 4 is 5.84 Å². The smallest absolute Gasteiger partial charge is 0.139 e. The molecule has 0 amide bonds. The van der Waals surface area contributed by atoms with Gasteiger partial charge in [-0.25, -0.2) is 0 Å².